The van der Waals surface area contributed by atoms with Gasteiger partial charge in [-0.1, -0.05) is 6.92 Å². The molecule has 1 aliphatic heterocycles. The summed E-state index contributed by atoms with van der Waals surface area (Å²) in [6.07, 6.45) is 0. The molecule has 0 bridgehead atoms. The van der Waals surface area contributed by atoms with E-state index in [1.165, 1.54) is 12.1 Å². The molecular weight excluding hydrogens is 225 g/mol. The van der Waals surface area contributed by atoms with E-state index in [0.29, 0.717) is 10.8 Å². The number of aliphatic hydroxyl groups is 1. The molecule has 1 atom stereocenters. The van der Waals surface area contributed by atoms with E-state index in [0.717, 1.165) is 24.5 Å². The molecule has 1 saturated heterocycles. The number of benzene rings is 1. The zero-order valence-electron chi connectivity index (χ0n) is 9.32. The van der Waals surface area contributed by atoms with Crippen molar-refractivity contribution in [1.82, 2.24) is 0 Å². The minimum absolute atomic E-state index is 0.106. The third-order valence-electron chi connectivity index (χ3n) is 2.79. The number of halogens is 1. The number of nitrogens with zero attached hydrogens (tertiary/aromatic N) is 1. The maximum atomic E-state index is 13.0. The van der Waals surface area contributed by atoms with Crippen LogP contribution in [0.5, 0.6) is 0 Å². The lowest BCUT2D eigenvalue weighted by molar-refractivity contribution is 0.281. The summed E-state index contributed by atoms with van der Waals surface area (Å²) in [6, 6.07) is 4.65. The molecular formula is C12H16FNOS. The predicted molar refractivity (Wildman–Crippen MR) is 66.5 cm³/mol. The first kappa shape index (κ1) is 11.7. The van der Waals surface area contributed by atoms with E-state index >= 15 is 0 Å². The normalized spacial score (nSPS) is 21.2. The molecule has 1 heterocycles. The maximum absolute atomic E-state index is 13.0. The Morgan fingerprint density at radius 3 is 3.06 bits per heavy atom. The van der Waals surface area contributed by atoms with Crippen LogP contribution in [0.3, 0.4) is 0 Å². The van der Waals surface area contributed by atoms with Crippen LogP contribution in [-0.4, -0.2) is 29.2 Å². The summed E-state index contributed by atoms with van der Waals surface area (Å²) in [5, 5.41) is 9.83. The molecule has 1 aromatic carbocycles. The van der Waals surface area contributed by atoms with Gasteiger partial charge < -0.3 is 10.0 Å². The first-order valence-electron chi connectivity index (χ1n) is 5.46. The second kappa shape index (κ2) is 5.06. The monoisotopic (exact) mass is 241 g/mol. The first-order chi connectivity index (χ1) is 7.70. The predicted octanol–water partition coefficient (Wildman–Crippen LogP) is 2.26. The van der Waals surface area contributed by atoms with Crippen molar-refractivity contribution in [2.75, 3.05) is 23.7 Å². The van der Waals surface area contributed by atoms with Crippen LogP contribution in [0, 0.1) is 5.82 Å². The lowest BCUT2D eigenvalue weighted by Crippen LogP contribution is -2.37. The summed E-state index contributed by atoms with van der Waals surface area (Å²) >= 11 is 1.95. The van der Waals surface area contributed by atoms with Crippen molar-refractivity contribution in [3.05, 3.63) is 29.6 Å². The zero-order chi connectivity index (χ0) is 11.5. The SMILES string of the molecule is CC1CN(c2ccc(F)cc2CO)CCS1. The van der Waals surface area contributed by atoms with Gasteiger partial charge in [-0.25, -0.2) is 4.39 Å². The van der Waals surface area contributed by atoms with Crippen molar-refractivity contribution in [2.45, 2.75) is 18.8 Å². The van der Waals surface area contributed by atoms with E-state index < -0.39 is 0 Å². The van der Waals surface area contributed by atoms with Crippen LogP contribution in [-0.2, 0) is 6.61 Å². The Morgan fingerprint density at radius 2 is 2.38 bits per heavy atom. The van der Waals surface area contributed by atoms with Gasteiger partial charge in [0.15, 0.2) is 0 Å². The fourth-order valence-corrected chi connectivity index (χ4v) is 3.04. The topological polar surface area (TPSA) is 23.5 Å². The molecule has 2 rings (SSSR count). The Kier molecular flexibility index (Phi) is 3.71. The highest BCUT2D eigenvalue weighted by Gasteiger charge is 2.19. The molecule has 0 spiro atoms. The summed E-state index contributed by atoms with van der Waals surface area (Å²) in [5.74, 6) is 0.802. The summed E-state index contributed by atoms with van der Waals surface area (Å²) in [7, 11) is 0. The lowest BCUT2D eigenvalue weighted by Gasteiger charge is -2.33. The smallest absolute Gasteiger partial charge is 0.123 e. The Labute approximate surface area is 99.5 Å². The first-order valence-corrected chi connectivity index (χ1v) is 6.51. The van der Waals surface area contributed by atoms with Crippen LogP contribution in [0.4, 0.5) is 10.1 Å². The number of thioether (sulfide) groups is 1. The fraction of sp³-hybridized carbons (Fsp3) is 0.500. The maximum Gasteiger partial charge on any atom is 0.123 e. The van der Waals surface area contributed by atoms with E-state index in [1.54, 1.807) is 6.07 Å². The van der Waals surface area contributed by atoms with Gasteiger partial charge in [0.05, 0.1) is 6.61 Å². The van der Waals surface area contributed by atoms with Gasteiger partial charge in [-0.15, -0.1) is 0 Å². The number of hydrogen-bond acceptors (Lipinski definition) is 3. The van der Waals surface area contributed by atoms with E-state index in [1.807, 2.05) is 11.8 Å². The van der Waals surface area contributed by atoms with Crippen LogP contribution in [0.1, 0.15) is 12.5 Å². The van der Waals surface area contributed by atoms with Gasteiger partial charge >= 0.3 is 0 Å². The minimum atomic E-state index is -0.285. The molecule has 0 saturated carbocycles. The number of anilines is 1. The quantitative estimate of drug-likeness (QED) is 0.859. The molecule has 1 unspecified atom stereocenters. The highest BCUT2D eigenvalue weighted by atomic mass is 32.2. The van der Waals surface area contributed by atoms with Gasteiger partial charge in [0.1, 0.15) is 5.82 Å². The van der Waals surface area contributed by atoms with Crippen molar-refractivity contribution in [3.63, 3.8) is 0 Å². The van der Waals surface area contributed by atoms with Gasteiger partial charge in [0.2, 0.25) is 0 Å². The van der Waals surface area contributed by atoms with Crippen LogP contribution in [0.15, 0.2) is 18.2 Å². The summed E-state index contributed by atoms with van der Waals surface area (Å²) in [4.78, 5) is 2.23. The zero-order valence-corrected chi connectivity index (χ0v) is 10.1. The third kappa shape index (κ3) is 2.50. The van der Waals surface area contributed by atoms with Crippen LogP contribution in [0.25, 0.3) is 0 Å². The molecule has 0 amide bonds. The molecule has 0 aromatic heterocycles. The minimum Gasteiger partial charge on any atom is -0.392 e. The molecule has 4 heteroatoms. The fourth-order valence-electron chi connectivity index (χ4n) is 2.03. The molecule has 0 aliphatic carbocycles. The highest BCUT2D eigenvalue weighted by molar-refractivity contribution is 8.00. The van der Waals surface area contributed by atoms with Gasteiger partial charge in [-0.2, -0.15) is 11.8 Å². The van der Waals surface area contributed by atoms with Crippen LogP contribution >= 0.6 is 11.8 Å². The van der Waals surface area contributed by atoms with Gasteiger partial charge in [-0.3, -0.25) is 0 Å². The Balaban J connectivity index is 2.24. The molecule has 16 heavy (non-hydrogen) atoms. The second-order valence-corrected chi connectivity index (χ2v) is 5.60. The van der Waals surface area contributed by atoms with Gasteiger partial charge in [0, 0.05) is 35.3 Å². The van der Waals surface area contributed by atoms with Gasteiger partial charge in [-0.05, 0) is 18.2 Å². The lowest BCUT2D eigenvalue weighted by atomic mass is 10.1. The average Bonchev–Trinajstić information content (AvgIpc) is 2.28. The summed E-state index contributed by atoms with van der Waals surface area (Å²) in [6.45, 7) is 4.01. The highest BCUT2D eigenvalue weighted by Crippen LogP contribution is 2.27. The van der Waals surface area contributed by atoms with E-state index in [2.05, 4.69) is 11.8 Å². The van der Waals surface area contributed by atoms with Crippen molar-refractivity contribution < 1.29 is 9.50 Å². The molecule has 2 nitrogen and oxygen atoms in total. The van der Waals surface area contributed by atoms with Crippen LogP contribution < -0.4 is 4.90 Å². The molecule has 88 valence electrons. The standard InChI is InChI=1S/C12H16FNOS/c1-9-7-14(4-5-16-9)12-3-2-11(13)6-10(12)8-15/h2-3,6,9,15H,4-5,7-8H2,1H3. The van der Waals surface area contributed by atoms with Crippen molar-refractivity contribution in [2.24, 2.45) is 0 Å². The van der Waals surface area contributed by atoms with E-state index in [-0.39, 0.29) is 12.4 Å². The largest absolute Gasteiger partial charge is 0.392 e. The second-order valence-electron chi connectivity index (χ2n) is 4.06. The number of aliphatic hydroxyl groups excluding tert-OH is 1. The Hall–Kier alpha value is -0.740. The van der Waals surface area contributed by atoms with Crippen molar-refractivity contribution in [3.8, 4) is 0 Å². The van der Waals surface area contributed by atoms with E-state index in [9.17, 15) is 9.50 Å². The van der Waals surface area contributed by atoms with Crippen molar-refractivity contribution in [1.29, 1.82) is 0 Å². The number of rotatable bonds is 2. The Morgan fingerprint density at radius 1 is 1.56 bits per heavy atom. The van der Waals surface area contributed by atoms with Gasteiger partial charge in [0.25, 0.3) is 0 Å². The molecule has 0 radical (unpaired) electrons. The van der Waals surface area contributed by atoms with E-state index in [4.69, 9.17) is 0 Å². The molecule has 1 fully saturated rings. The average molecular weight is 241 g/mol. The summed E-state index contributed by atoms with van der Waals surface area (Å²) < 4.78 is 13.0. The number of hydrogen-bond donors (Lipinski definition) is 1. The Bertz CT molecular complexity index is 372. The summed E-state index contributed by atoms with van der Waals surface area (Å²) in [5.41, 5.74) is 1.65. The third-order valence-corrected chi connectivity index (χ3v) is 3.93. The molecule has 1 aliphatic rings. The van der Waals surface area contributed by atoms with Crippen LogP contribution in [0.2, 0.25) is 0 Å². The molecule has 1 aromatic rings. The van der Waals surface area contributed by atoms with Crippen molar-refractivity contribution >= 4 is 17.4 Å². The molecule has 1 N–H and O–H groups in total.